The minimum Gasteiger partial charge on any atom is -0.454 e. The highest BCUT2D eigenvalue weighted by Gasteiger charge is 2.54. The molecule has 1 unspecified atom stereocenters. The Morgan fingerprint density at radius 2 is 1.74 bits per heavy atom. The predicted octanol–water partition coefficient (Wildman–Crippen LogP) is 3.24. The van der Waals surface area contributed by atoms with Gasteiger partial charge >= 0.3 is 6.03 Å². The summed E-state index contributed by atoms with van der Waals surface area (Å²) in [7, 11) is 0. The Kier molecular flexibility index (Phi) is 6.08. The average Bonchev–Trinajstić information content (AvgIpc) is 3.43. The van der Waals surface area contributed by atoms with Crippen LogP contribution in [0, 0.1) is 11.7 Å². The van der Waals surface area contributed by atoms with Crippen LogP contribution in [0.3, 0.4) is 0 Å². The zero-order valence-electron chi connectivity index (χ0n) is 19.6. The first kappa shape index (κ1) is 23.1. The van der Waals surface area contributed by atoms with Crippen molar-refractivity contribution in [2.24, 2.45) is 5.92 Å². The number of nitrogens with one attached hydrogen (secondary N) is 1. The van der Waals surface area contributed by atoms with E-state index >= 15 is 0 Å². The summed E-state index contributed by atoms with van der Waals surface area (Å²) in [5, 5.41) is 2.99. The number of nitrogens with zero attached hydrogens (tertiary/aromatic N) is 2. The molecule has 8 nitrogen and oxygen atoms in total. The van der Waals surface area contributed by atoms with Crippen molar-refractivity contribution in [2.75, 3.05) is 19.9 Å². The van der Waals surface area contributed by atoms with E-state index in [0.29, 0.717) is 43.9 Å². The van der Waals surface area contributed by atoms with Crippen LogP contribution in [0.2, 0.25) is 0 Å². The molecular formula is C26H28FN3O5. The van der Waals surface area contributed by atoms with Crippen molar-refractivity contribution in [3.8, 4) is 11.5 Å². The van der Waals surface area contributed by atoms with Gasteiger partial charge in [0, 0.05) is 13.1 Å². The van der Waals surface area contributed by atoms with Crippen molar-refractivity contribution in [1.29, 1.82) is 0 Å². The molecule has 3 heterocycles. The van der Waals surface area contributed by atoms with Crippen LogP contribution in [0.5, 0.6) is 11.5 Å². The molecule has 184 valence electrons. The Hall–Kier alpha value is -3.62. The van der Waals surface area contributed by atoms with Gasteiger partial charge in [-0.05, 0) is 60.6 Å². The summed E-state index contributed by atoms with van der Waals surface area (Å²) in [5.74, 6) is 0.609. The van der Waals surface area contributed by atoms with Crippen LogP contribution in [0.1, 0.15) is 37.3 Å². The first-order valence-electron chi connectivity index (χ1n) is 11.9. The van der Waals surface area contributed by atoms with E-state index in [4.69, 9.17) is 9.47 Å². The molecule has 2 saturated heterocycles. The highest BCUT2D eigenvalue weighted by molar-refractivity contribution is 6.07. The number of hydrogen-bond donors (Lipinski definition) is 1. The van der Waals surface area contributed by atoms with E-state index in [0.717, 1.165) is 11.1 Å². The van der Waals surface area contributed by atoms with Gasteiger partial charge in [0.2, 0.25) is 12.7 Å². The van der Waals surface area contributed by atoms with Crippen molar-refractivity contribution in [3.63, 3.8) is 0 Å². The number of imide groups is 1. The fourth-order valence-corrected chi connectivity index (χ4v) is 5.33. The second-order valence-corrected chi connectivity index (χ2v) is 9.29. The third-order valence-corrected chi connectivity index (χ3v) is 7.35. The Balaban J connectivity index is 1.23. The lowest BCUT2D eigenvalue weighted by Gasteiger charge is -2.40. The lowest BCUT2D eigenvalue weighted by Crippen LogP contribution is -2.56. The Morgan fingerprint density at radius 1 is 1.06 bits per heavy atom. The van der Waals surface area contributed by atoms with Gasteiger partial charge in [0.05, 0.1) is 13.0 Å². The summed E-state index contributed by atoms with van der Waals surface area (Å²) in [6, 6.07) is 10.9. The highest BCUT2D eigenvalue weighted by atomic mass is 19.1. The standard InChI is InChI=1S/C26H28FN3O5/c1-2-26(19-9-11-29(12-10-19)23(31)14-17-3-6-20(27)7-4-17)24(32)30(25(33)28-26)15-18-5-8-21-22(13-18)35-16-34-21/h3-8,13,19H,2,9-12,14-16H2,1H3,(H,28,33). The Bertz CT molecular complexity index is 1150. The van der Waals surface area contributed by atoms with Gasteiger partial charge in [0.15, 0.2) is 11.5 Å². The van der Waals surface area contributed by atoms with Crippen LogP contribution in [-0.2, 0) is 22.6 Å². The maximum absolute atomic E-state index is 13.6. The average molecular weight is 482 g/mol. The first-order valence-corrected chi connectivity index (χ1v) is 11.9. The van der Waals surface area contributed by atoms with Crippen LogP contribution >= 0.6 is 0 Å². The molecule has 0 bridgehead atoms. The fraction of sp³-hybridized carbons (Fsp3) is 0.423. The molecule has 35 heavy (non-hydrogen) atoms. The van der Waals surface area contributed by atoms with Gasteiger partial charge in [-0.2, -0.15) is 0 Å². The smallest absolute Gasteiger partial charge is 0.325 e. The molecule has 0 spiro atoms. The van der Waals surface area contributed by atoms with Gasteiger partial charge in [-0.3, -0.25) is 14.5 Å². The molecule has 5 rings (SSSR count). The van der Waals surface area contributed by atoms with E-state index in [-0.39, 0.29) is 43.3 Å². The Morgan fingerprint density at radius 3 is 2.46 bits per heavy atom. The van der Waals surface area contributed by atoms with Crippen molar-refractivity contribution < 1.29 is 28.2 Å². The normalized spacial score (nSPS) is 22.0. The van der Waals surface area contributed by atoms with Gasteiger partial charge in [-0.25, -0.2) is 9.18 Å². The molecule has 3 aliphatic rings. The number of carbonyl (C=O) groups is 3. The summed E-state index contributed by atoms with van der Waals surface area (Å²) in [4.78, 5) is 42.3. The van der Waals surface area contributed by atoms with Gasteiger partial charge in [0.25, 0.3) is 5.91 Å². The van der Waals surface area contributed by atoms with E-state index in [1.165, 1.54) is 17.0 Å². The molecule has 1 atom stereocenters. The molecule has 2 aromatic carbocycles. The number of urea groups is 1. The quantitative estimate of drug-likeness (QED) is 0.640. The van der Waals surface area contributed by atoms with Crippen LogP contribution < -0.4 is 14.8 Å². The monoisotopic (exact) mass is 481 g/mol. The third-order valence-electron chi connectivity index (χ3n) is 7.35. The zero-order chi connectivity index (χ0) is 24.6. The molecular weight excluding hydrogens is 453 g/mol. The van der Waals surface area contributed by atoms with Crippen LogP contribution in [-0.4, -0.2) is 53.1 Å². The summed E-state index contributed by atoms with van der Waals surface area (Å²) >= 11 is 0. The second-order valence-electron chi connectivity index (χ2n) is 9.29. The summed E-state index contributed by atoms with van der Waals surface area (Å²) in [6.45, 7) is 3.24. The minimum atomic E-state index is -0.973. The molecule has 0 saturated carbocycles. The topological polar surface area (TPSA) is 88.2 Å². The SMILES string of the molecule is CCC1(C2CCN(C(=O)Cc3ccc(F)cc3)CC2)NC(=O)N(Cc2ccc3c(c2)OCO3)C1=O. The van der Waals surface area contributed by atoms with Crippen LogP contribution in [0.4, 0.5) is 9.18 Å². The van der Waals surface area contributed by atoms with Crippen molar-refractivity contribution in [1.82, 2.24) is 15.1 Å². The van der Waals surface area contributed by atoms with Gasteiger partial charge in [-0.1, -0.05) is 25.1 Å². The number of fused-ring (bicyclic) bond motifs is 1. The second kappa shape index (κ2) is 9.20. The molecule has 3 aliphatic heterocycles. The molecule has 0 aromatic heterocycles. The molecule has 1 N–H and O–H groups in total. The molecule has 4 amide bonds. The first-order chi connectivity index (χ1) is 16.9. The van der Waals surface area contributed by atoms with E-state index < -0.39 is 11.6 Å². The molecule has 2 fully saturated rings. The number of amides is 4. The maximum Gasteiger partial charge on any atom is 0.325 e. The largest absolute Gasteiger partial charge is 0.454 e. The van der Waals surface area contributed by atoms with E-state index in [1.54, 1.807) is 29.2 Å². The van der Waals surface area contributed by atoms with Gasteiger partial charge in [-0.15, -0.1) is 0 Å². The van der Waals surface area contributed by atoms with E-state index in [1.807, 2.05) is 13.0 Å². The molecule has 0 aliphatic carbocycles. The fourth-order valence-electron chi connectivity index (χ4n) is 5.33. The molecule has 9 heteroatoms. The molecule has 0 radical (unpaired) electrons. The lowest BCUT2D eigenvalue weighted by atomic mass is 9.75. The van der Waals surface area contributed by atoms with Crippen molar-refractivity contribution in [2.45, 2.75) is 44.7 Å². The number of benzene rings is 2. The number of ether oxygens (including phenoxy) is 2. The van der Waals surface area contributed by atoms with Gasteiger partial charge in [0.1, 0.15) is 11.4 Å². The maximum atomic E-state index is 13.6. The zero-order valence-corrected chi connectivity index (χ0v) is 19.6. The van der Waals surface area contributed by atoms with Crippen molar-refractivity contribution >= 4 is 17.8 Å². The van der Waals surface area contributed by atoms with Crippen molar-refractivity contribution in [3.05, 3.63) is 59.4 Å². The number of likely N-dealkylation sites (tertiary alicyclic amines) is 1. The lowest BCUT2D eigenvalue weighted by molar-refractivity contribution is -0.136. The molecule has 2 aromatic rings. The van der Waals surface area contributed by atoms with Crippen LogP contribution in [0.25, 0.3) is 0 Å². The van der Waals surface area contributed by atoms with E-state index in [2.05, 4.69) is 5.32 Å². The number of carbonyl (C=O) groups excluding carboxylic acids is 3. The highest BCUT2D eigenvalue weighted by Crippen LogP contribution is 2.38. The minimum absolute atomic E-state index is 0.0215. The number of piperidine rings is 1. The van der Waals surface area contributed by atoms with Gasteiger partial charge < -0.3 is 19.7 Å². The number of halogens is 1. The van der Waals surface area contributed by atoms with Crippen LogP contribution in [0.15, 0.2) is 42.5 Å². The number of rotatable bonds is 6. The van der Waals surface area contributed by atoms with E-state index in [9.17, 15) is 18.8 Å². The summed E-state index contributed by atoms with van der Waals surface area (Å²) in [6.07, 6.45) is 1.92. The summed E-state index contributed by atoms with van der Waals surface area (Å²) in [5.41, 5.74) is 0.575. The number of hydrogen-bond acceptors (Lipinski definition) is 5. The summed E-state index contributed by atoms with van der Waals surface area (Å²) < 4.78 is 23.9. The predicted molar refractivity (Wildman–Crippen MR) is 124 cm³/mol. The Labute approximate surface area is 203 Å². The third kappa shape index (κ3) is 4.31.